The molecule has 0 aliphatic rings. The van der Waals surface area contributed by atoms with Crippen molar-refractivity contribution in [1.82, 2.24) is 19.6 Å². The van der Waals surface area contributed by atoms with Gasteiger partial charge in [-0.1, -0.05) is 13.8 Å². The molecule has 0 aliphatic carbocycles. The summed E-state index contributed by atoms with van der Waals surface area (Å²) in [6.45, 7) is 10.5. The maximum Gasteiger partial charge on any atom is 0.0622 e. The van der Waals surface area contributed by atoms with Gasteiger partial charge in [0, 0.05) is 12.1 Å². The van der Waals surface area contributed by atoms with Crippen LogP contribution in [0.4, 0.5) is 0 Å². The molecule has 2 unspecified atom stereocenters. The van der Waals surface area contributed by atoms with Gasteiger partial charge in [-0.05, 0) is 81.3 Å². The molecule has 0 aliphatic heterocycles. The first-order valence-corrected chi connectivity index (χ1v) is 9.09. The fourth-order valence-electron chi connectivity index (χ4n) is 2.38. The fourth-order valence-corrected chi connectivity index (χ4v) is 2.38. The average Bonchev–Trinajstić information content (AvgIpc) is 2.51. The second-order valence-corrected chi connectivity index (χ2v) is 7.14. The Morgan fingerprint density at radius 1 is 0.652 bits per heavy atom. The first-order chi connectivity index (χ1) is 10.8. The summed E-state index contributed by atoms with van der Waals surface area (Å²) >= 11 is 0. The van der Waals surface area contributed by atoms with Crippen LogP contribution in [0.15, 0.2) is 0 Å². The van der Waals surface area contributed by atoms with E-state index in [2.05, 4.69) is 75.7 Å². The second-order valence-electron chi connectivity index (χ2n) is 7.14. The van der Waals surface area contributed by atoms with Crippen LogP contribution in [0, 0.1) is 0 Å². The standard InChI is InChI=1S/C18H42N4O/c1-9-21(7)13-11-17(19(3)4)15-23-16-18(20(5)6)12-14-22(8)10-2/h17-18H,9-16H2,1-8H3. The normalized spacial score (nSPS) is 15.1. The minimum Gasteiger partial charge on any atom is -0.378 e. The number of rotatable bonds is 14. The highest BCUT2D eigenvalue weighted by Crippen LogP contribution is 2.06. The largest absolute Gasteiger partial charge is 0.378 e. The molecule has 23 heavy (non-hydrogen) atoms. The molecular formula is C18H42N4O. The Bertz CT molecular complexity index is 248. The van der Waals surface area contributed by atoms with Crippen LogP contribution in [0.5, 0.6) is 0 Å². The summed E-state index contributed by atoms with van der Waals surface area (Å²) in [5, 5.41) is 0. The Kier molecular flexibility index (Phi) is 13.0. The summed E-state index contributed by atoms with van der Waals surface area (Å²) in [6.07, 6.45) is 2.31. The third-order valence-corrected chi connectivity index (χ3v) is 4.85. The summed E-state index contributed by atoms with van der Waals surface area (Å²) in [7, 11) is 13.0. The van der Waals surface area contributed by atoms with Crippen LogP contribution >= 0.6 is 0 Å². The van der Waals surface area contributed by atoms with E-state index in [4.69, 9.17) is 4.74 Å². The number of likely N-dealkylation sites (N-methyl/N-ethyl adjacent to an activating group) is 2. The van der Waals surface area contributed by atoms with E-state index in [0.29, 0.717) is 12.1 Å². The van der Waals surface area contributed by atoms with Gasteiger partial charge in [-0.15, -0.1) is 0 Å². The average molecular weight is 331 g/mol. The van der Waals surface area contributed by atoms with Crippen molar-refractivity contribution in [2.24, 2.45) is 0 Å². The zero-order valence-electron chi connectivity index (χ0n) is 17.0. The Hall–Kier alpha value is -0.200. The molecule has 5 heteroatoms. The molecule has 0 bridgehead atoms. The fraction of sp³-hybridized carbons (Fsp3) is 1.00. The van der Waals surface area contributed by atoms with E-state index >= 15 is 0 Å². The number of hydrogen-bond donors (Lipinski definition) is 0. The first kappa shape index (κ1) is 22.8. The maximum absolute atomic E-state index is 6.09. The van der Waals surface area contributed by atoms with Crippen molar-refractivity contribution in [3.05, 3.63) is 0 Å². The minimum atomic E-state index is 0.491. The van der Waals surface area contributed by atoms with E-state index in [1.54, 1.807) is 0 Å². The van der Waals surface area contributed by atoms with Gasteiger partial charge in [-0.3, -0.25) is 0 Å². The third kappa shape index (κ3) is 11.1. The third-order valence-electron chi connectivity index (χ3n) is 4.85. The van der Waals surface area contributed by atoms with Crippen LogP contribution in [0.3, 0.4) is 0 Å². The van der Waals surface area contributed by atoms with E-state index in [9.17, 15) is 0 Å². The van der Waals surface area contributed by atoms with Crippen LogP contribution in [0.1, 0.15) is 26.7 Å². The van der Waals surface area contributed by atoms with Crippen LogP contribution in [-0.2, 0) is 4.74 Å². The van der Waals surface area contributed by atoms with Gasteiger partial charge in [0.15, 0.2) is 0 Å². The molecular weight excluding hydrogens is 288 g/mol. The summed E-state index contributed by atoms with van der Waals surface area (Å²) < 4.78 is 6.09. The lowest BCUT2D eigenvalue weighted by Gasteiger charge is -2.29. The van der Waals surface area contributed by atoms with Crippen molar-refractivity contribution in [2.45, 2.75) is 38.8 Å². The molecule has 5 nitrogen and oxygen atoms in total. The number of nitrogens with zero attached hydrogens (tertiary/aromatic N) is 4. The van der Waals surface area contributed by atoms with Gasteiger partial charge in [-0.25, -0.2) is 0 Å². The minimum absolute atomic E-state index is 0.491. The van der Waals surface area contributed by atoms with Gasteiger partial charge in [0.25, 0.3) is 0 Å². The zero-order valence-corrected chi connectivity index (χ0v) is 17.0. The van der Waals surface area contributed by atoms with Crippen molar-refractivity contribution in [3.63, 3.8) is 0 Å². The van der Waals surface area contributed by atoms with Crippen molar-refractivity contribution >= 4 is 0 Å². The molecule has 0 saturated heterocycles. The van der Waals surface area contributed by atoms with Gasteiger partial charge >= 0.3 is 0 Å². The van der Waals surface area contributed by atoms with Gasteiger partial charge in [0.2, 0.25) is 0 Å². The van der Waals surface area contributed by atoms with Crippen LogP contribution < -0.4 is 0 Å². The monoisotopic (exact) mass is 330 g/mol. The summed E-state index contributed by atoms with van der Waals surface area (Å²) in [5.41, 5.74) is 0. The Morgan fingerprint density at radius 3 is 1.26 bits per heavy atom. The quantitative estimate of drug-likeness (QED) is 0.481. The van der Waals surface area contributed by atoms with Gasteiger partial charge in [0.1, 0.15) is 0 Å². The lowest BCUT2D eigenvalue weighted by Crippen LogP contribution is -2.39. The molecule has 0 fully saturated rings. The molecule has 0 rings (SSSR count). The van der Waals surface area contributed by atoms with Gasteiger partial charge < -0.3 is 24.3 Å². The van der Waals surface area contributed by atoms with E-state index in [-0.39, 0.29) is 0 Å². The summed E-state index contributed by atoms with van der Waals surface area (Å²) in [6, 6.07) is 0.982. The smallest absolute Gasteiger partial charge is 0.0622 e. The van der Waals surface area contributed by atoms with Crippen molar-refractivity contribution in [2.75, 3.05) is 81.7 Å². The molecule has 0 heterocycles. The molecule has 0 N–H and O–H groups in total. The SMILES string of the molecule is CCN(C)CCC(COCC(CCN(C)CC)N(C)C)N(C)C. The molecule has 0 radical (unpaired) electrons. The van der Waals surface area contributed by atoms with Gasteiger partial charge in [0.05, 0.1) is 13.2 Å². The molecule has 0 amide bonds. The molecule has 140 valence electrons. The van der Waals surface area contributed by atoms with Crippen LogP contribution in [0.25, 0.3) is 0 Å². The van der Waals surface area contributed by atoms with E-state index in [1.165, 1.54) is 0 Å². The van der Waals surface area contributed by atoms with Crippen molar-refractivity contribution in [3.8, 4) is 0 Å². The predicted molar refractivity (Wildman–Crippen MR) is 101 cm³/mol. The highest BCUT2D eigenvalue weighted by Gasteiger charge is 2.16. The molecule has 0 saturated carbocycles. The highest BCUT2D eigenvalue weighted by molar-refractivity contribution is 4.71. The molecule has 2 atom stereocenters. The first-order valence-electron chi connectivity index (χ1n) is 9.09. The van der Waals surface area contributed by atoms with E-state index in [1.807, 2.05) is 0 Å². The molecule has 0 aromatic carbocycles. The highest BCUT2D eigenvalue weighted by atomic mass is 16.5. The molecule has 0 aromatic heterocycles. The Balaban J connectivity index is 4.20. The maximum atomic E-state index is 6.09. The lowest BCUT2D eigenvalue weighted by molar-refractivity contribution is 0.0360. The van der Waals surface area contributed by atoms with Crippen LogP contribution in [0.2, 0.25) is 0 Å². The van der Waals surface area contributed by atoms with Gasteiger partial charge in [-0.2, -0.15) is 0 Å². The van der Waals surface area contributed by atoms with E-state index < -0.39 is 0 Å². The van der Waals surface area contributed by atoms with Crippen molar-refractivity contribution in [1.29, 1.82) is 0 Å². The molecule has 0 aromatic rings. The zero-order chi connectivity index (χ0) is 17.8. The Morgan fingerprint density at radius 2 is 1.00 bits per heavy atom. The Labute approximate surface area is 145 Å². The van der Waals surface area contributed by atoms with Crippen LogP contribution in [-0.4, -0.2) is 113 Å². The van der Waals surface area contributed by atoms with Crippen molar-refractivity contribution < 1.29 is 4.74 Å². The summed E-state index contributed by atoms with van der Waals surface area (Å²) in [4.78, 5) is 9.30. The summed E-state index contributed by atoms with van der Waals surface area (Å²) in [5.74, 6) is 0. The predicted octanol–water partition coefficient (Wildman–Crippen LogP) is 1.55. The lowest BCUT2D eigenvalue weighted by atomic mass is 10.1. The molecule has 0 spiro atoms. The van der Waals surface area contributed by atoms with E-state index in [0.717, 1.165) is 52.2 Å². The topological polar surface area (TPSA) is 22.2 Å². The number of hydrogen-bond acceptors (Lipinski definition) is 5. The number of ether oxygens (including phenoxy) is 1. The second kappa shape index (κ2) is 13.1.